The van der Waals surface area contributed by atoms with Crippen LogP contribution in [0.2, 0.25) is 0 Å². The van der Waals surface area contributed by atoms with Crippen molar-refractivity contribution in [3.8, 4) is 40.1 Å². The Morgan fingerprint density at radius 2 is 1.60 bits per heavy atom. The highest BCUT2D eigenvalue weighted by Gasteiger charge is 2.33. The van der Waals surface area contributed by atoms with Gasteiger partial charge in [-0.2, -0.15) is 13.2 Å². The van der Waals surface area contributed by atoms with Crippen LogP contribution in [0.15, 0.2) is 60.9 Å². The lowest BCUT2D eigenvalue weighted by Crippen LogP contribution is -2.07. The lowest BCUT2D eigenvalue weighted by Gasteiger charge is -2.10. The van der Waals surface area contributed by atoms with Crippen LogP contribution >= 0.6 is 0 Å². The van der Waals surface area contributed by atoms with Crippen molar-refractivity contribution >= 4 is 0 Å². The summed E-state index contributed by atoms with van der Waals surface area (Å²) in [6.07, 6.45) is -1.42. The number of phenols is 1. The average molecular weight is 407 g/mol. The molecule has 0 aliphatic rings. The summed E-state index contributed by atoms with van der Waals surface area (Å²) in [4.78, 5) is 3.99. The zero-order valence-electron chi connectivity index (χ0n) is 15.1. The van der Waals surface area contributed by atoms with Crippen molar-refractivity contribution in [2.24, 2.45) is 0 Å². The van der Waals surface area contributed by atoms with Gasteiger partial charge in [0.2, 0.25) is 0 Å². The number of pyridine rings is 1. The summed E-state index contributed by atoms with van der Waals surface area (Å²) in [5.74, 6) is 5.37. The molecule has 0 fully saturated rings. The topological polar surface area (TPSA) is 87.6 Å². The fourth-order valence-corrected chi connectivity index (χ4v) is 2.86. The number of H-pyrrole nitrogens is 1. The van der Waals surface area contributed by atoms with Crippen LogP contribution in [0.4, 0.5) is 13.2 Å². The third-order valence-corrected chi connectivity index (χ3v) is 4.27. The van der Waals surface area contributed by atoms with E-state index in [0.29, 0.717) is 28.6 Å². The quantitative estimate of drug-likeness (QED) is 0.490. The van der Waals surface area contributed by atoms with E-state index in [4.69, 9.17) is 0 Å². The van der Waals surface area contributed by atoms with Crippen LogP contribution in [0.25, 0.3) is 22.5 Å². The molecule has 9 heteroatoms. The maximum absolute atomic E-state index is 13.3. The van der Waals surface area contributed by atoms with Crippen molar-refractivity contribution in [2.45, 2.75) is 6.18 Å². The number of aromatic hydroxyl groups is 1. The first-order valence-corrected chi connectivity index (χ1v) is 8.62. The molecule has 0 bridgehead atoms. The molecule has 2 aromatic carbocycles. The van der Waals surface area contributed by atoms with E-state index >= 15 is 0 Å². The van der Waals surface area contributed by atoms with Gasteiger partial charge in [0.15, 0.2) is 5.82 Å². The zero-order chi connectivity index (χ0) is 21.1. The van der Waals surface area contributed by atoms with E-state index in [1.165, 1.54) is 6.07 Å². The zero-order valence-corrected chi connectivity index (χ0v) is 15.1. The number of tetrazole rings is 1. The van der Waals surface area contributed by atoms with Gasteiger partial charge in [-0.25, -0.2) is 5.10 Å². The first kappa shape index (κ1) is 19.1. The smallest absolute Gasteiger partial charge is 0.417 e. The molecule has 0 saturated carbocycles. The normalized spacial score (nSPS) is 11.0. The number of nitrogens with one attached hydrogen (secondary N) is 1. The van der Waals surface area contributed by atoms with E-state index in [9.17, 15) is 18.3 Å². The number of hydrogen-bond donors (Lipinski definition) is 2. The van der Waals surface area contributed by atoms with Crippen LogP contribution in [-0.4, -0.2) is 30.7 Å². The minimum absolute atomic E-state index is 0.232. The predicted octanol–water partition coefficient (Wildman–Crippen LogP) is 4.05. The molecule has 0 unspecified atom stereocenters. The SMILES string of the molecule is Oc1ccc(C#Cc2ccc(-c3nnn[nH]3)cc2-c2ccncc2)c(C(F)(F)F)c1. The molecule has 4 rings (SSSR count). The van der Waals surface area contributed by atoms with Crippen molar-refractivity contribution < 1.29 is 18.3 Å². The number of hydrogen-bond acceptors (Lipinski definition) is 5. The van der Waals surface area contributed by atoms with Crippen molar-refractivity contribution in [1.82, 2.24) is 25.6 Å². The van der Waals surface area contributed by atoms with Crippen molar-refractivity contribution in [3.05, 3.63) is 77.6 Å². The predicted molar refractivity (Wildman–Crippen MR) is 102 cm³/mol. The Bertz CT molecular complexity index is 1240. The molecule has 0 atom stereocenters. The standard InChI is InChI=1S/C21H12F3N5O/c22-21(23,24)19-12-17(30)6-5-15(19)3-1-13-2-4-16(20-26-28-29-27-20)11-18(13)14-7-9-25-10-8-14/h2,4-12,30H,(H,26,27,28,29). The van der Waals surface area contributed by atoms with Crippen LogP contribution in [0, 0.1) is 11.8 Å². The maximum atomic E-state index is 13.3. The van der Waals surface area contributed by atoms with Gasteiger partial charge in [0.1, 0.15) is 5.75 Å². The van der Waals surface area contributed by atoms with Crippen LogP contribution in [-0.2, 0) is 6.18 Å². The van der Waals surface area contributed by atoms with Gasteiger partial charge in [-0.3, -0.25) is 4.98 Å². The van der Waals surface area contributed by atoms with Crippen molar-refractivity contribution in [1.29, 1.82) is 0 Å². The van der Waals surface area contributed by atoms with E-state index in [-0.39, 0.29) is 5.56 Å². The van der Waals surface area contributed by atoms with Crippen molar-refractivity contribution in [3.63, 3.8) is 0 Å². The Balaban J connectivity index is 1.84. The number of phenolic OH excluding ortho intramolecular Hbond substituents is 1. The van der Waals surface area contributed by atoms with Gasteiger partial charge in [-0.05, 0) is 70.1 Å². The van der Waals surface area contributed by atoms with Gasteiger partial charge in [0.25, 0.3) is 0 Å². The van der Waals surface area contributed by atoms with E-state index < -0.39 is 17.5 Å². The number of aromatic amines is 1. The molecule has 4 aromatic rings. The molecular weight excluding hydrogens is 395 g/mol. The Morgan fingerprint density at radius 1 is 0.867 bits per heavy atom. The summed E-state index contributed by atoms with van der Waals surface area (Å²) in [6, 6.07) is 11.7. The molecule has 0 amide bonds. The summed E-state index contributed by atoms with van der Waals surface area (Å²) >= 11 is 0. The minimum atomic E-state index is -4.64. The fraction of sp³-hybridized carbons (Fsp3) is 0.0476. The number of benzene rings is 2. The second-order valence-corrected chi connectivity index (χ2v) is 6.22. The first-order valence-electron chi connectivity index (χ1n) is 8.62. The van der Waals surface area contributed by atoms with Gasteiger partial charge in [0.05, 0.1) is 5.56 Å². The number of rotatable bonds is 2. The largest absolute Gasteiger partial charge is 0.508 e. The van der Waals surface area contributed by atoms with Gasteiger partial charge in [-0.1, -0.05) is 11.8 Å². The summed E-state index contributed by atoms with van der Waals surface area (Å²) in [5, 5.41) is 23.1. The Morgan fingerprint density at radius 3 is 2.30 bits per heavy atom. The third kappa shape index (κ3) is 3.98. The summed E-state index contributed by atoms with van der Waals surface area (Å²) in [7, 11) is 0. The average Bonchev–Trinajstić information content (AvgIpc) is 3.28. The molecule has 2 heterocycles. The second kappa shape index (κ2) is 7.67. The Labute approximate surface area is 168 Å². The molecule has 6 nitrogen and oxygen atoms in total. The number of nitrogens with zero attached hydrogens (tertiary/aromatic N) is 4. The molecule has 2 aromatic heterocycles. The number of aromatic nitrogens is 5. The van der Waals surface area contributed by atoms with Crippen LogP contribution < -0.4 is 0 Å². The molecule has 0 aliphatic heterocycles. The third-order valence-electron chi connectivity index (χ3n) is 4.27. The molecule has 148 valence electrons. The first-order chi connectivity index (χ1) is 14.4. The monoisotopic (exact) mass is 407 g/mol. The summed E-state index contributed by atoms with van der Waals surface area (Å²) in [6.45, 7) is 0. The molecule has 0 radical (unpaired) electrons. The van der Waals surface area contributed by atoms with E-state index in [1.807, 2.05) is 0 Å². The number of halogens is 3. The lowest BCUT2D eigenvalue weighted by atomic mass is 9.97. The van der Waals surface area contributed by atoms with Gasteiger partial charge < -0.3 is 5.11 Å². The van der Waals surface area contributed by atoms with Gasteiger partial charge in [0, 0.05) is 29.1 Å². The van der Waals surface area contributed by atoms with Crippen LogP contribution in [0.3, 0.4) is 0 Å². The van der Waals surface area contributed by atoms with E-state index in [1.54, 1.807) is 42.7 Å². The lowest BCUT2D eigenvalue weighted by molar-refractivity contribution is -0.137. The van der Waals surface area contributed by atoms with Crippen LogP contribution in [0.1, 0.15) is 16.7 Å². The highest BCUT2D eigenvalue weighted by Crippen LogP contribution is 2.34. The van der Waals surface area contributed by atoms with Gasteiger partial charge >= 0.3 is 6.18 Å². The van der Waals surface area contributed by atoms with Gasteiger partial charge in [-0.15, -0.1) is 5.10 Å². The highest BCUT2D eigenvalue weighted by molar-refractivity contribution is 5.76. The molecule has 2 N–H and O–H groups in total. The molecular formula is C21H12F3N5O. The van der Waals surface area contributed by atoms with E-state index in [0.717, 1.165) is 11.6 Å². The fourth-order valence-electron chi connectivity index (χ4n) is 2.86. The molecule has 30 heavy (non-hydrogen) atoms. The maximum Gasteiger partial charge on any atom is 0.417 e. The Hall–Kier alpha value is -4.19. The van der Waals surface area contributed by atoms with Crippen molar-refractivity contribution in [2.75, 3.05) is 0 Å². The molecule has 0 saturated heterocycles. The molecule has 0 spiro atoms. The highest BCUT2D eigenvalue weighted by atomic mass is 19.4. The summed E-state index contributed by atoms with van der Waals surface area (Å²) in [5.41, 5.74) is 1.45. The van der Waals surface area contributed by atoms with E-state index in [2.05, 4.69) is 37.4 Å². The Kier molecular flexibility index (Phi) is 4.90. The van der Waals surface area contributed by atoms with Crippen LogP contribution in [0.5, 0.6) is 5.75 Å². The molecule has 0 aliphatic carbocycles. The second-order valence-electron chi connectivity index (χ2n) is 6.22. The summed E-state index contributed by atoms with van der Waals surface area (Å²) < 4.78 is 39.9. The minimum Gasteiger partial charge on any atom is -0.508 e. The number of alkyl halides is 3.